The maximum absolute atomic E-state index is 14.7. The first-order chi connectivity index (χ1) is 20.2. The van der Waals surface area contributed by atoms with Crippen molar-refractivity contribution in [2.24, 2.45) is 10.9 Å². The number of benzene rings is 1. The largest absolute Gasteiger partial charge is 0.493 e. The highest BCUT2D eigenvalue weighted by Crippen LogP contribution is 2.45. The summed E-state index contributed by atoms with van der Waals surface area (Å²) in [5.74, 6) is 0.322. The van der Waals surface area contributed by atoms with Crippen LogP contribution in [0, 0.1) is 5.92 Å². The first kappa shape index (κ1) is 31.7. The molecule has 0 saturated heterocycles. The van der Waals surface area contributed by atoms with Gasteiger partial charge in [0.25, 0.3) is 6.43 Å². The van der Waals surface area contributed by atoms with Gasteiger partial charge in [-0.15, -0.1) is 0 Å². The molecule has 2 atom stereocenters. The number of fused-ring (bicyclic) bond motifs is 1. The second-order valence-corrected chi connectivity index (χ2v) is 12.3. The lowest BCUT2D eigenvalue weighted by molar-refractivity contribution is -0.119. The van der Waals surface area contributed by atoms with Crippen LogP contribution in [0.15, 0.2) is 77.5 Å². The van der Waals surface area contributed by atoms with E-state index in [9.17, 15) is 13.9 Å². The lowest BCUT2D eigenvalue weighted by atomic mass is 9.71. The summed E-state index contributed by atoms with van der Waals surface area (Å²) in [6, 6.07) is 5.84. The fourth-order valence-electron chi connectivity index (χ4n) is 6.08. The van der Waals surface area contributed by atoms with E-state index in [-0.39, 0.29) is 18.8 Å². The van der Waals surface area contributed by atoms with Crippen LogP contribution in [0.25, 0.3) is 11.1 Å². The third kappa shape index (κ3) is 8.21. The molecule has 0 saturated carbocycles. The number of ether oxygens (including phenoxy) is 1. The fraction of sp³-hybridized carbons (Fsp3) is 0.514. The topological polar surface area (TPSA) is 67.6 Å². The Morgan fingerprint density at radius 1 is 0.952 bits per heavy atom. The molecule has 1 aromatic heterocycles. The van der Waals surface area contributed by atoms with E-state index in [0.29, 0.717) is 12.4 Å². The summed E-state index contributed by atoms with van der Waals surface area (Å²) >= 11 is 0. The summed E-state index contributed by atoms with van der Waals surface area (Å²) in [6.07, 6.45) is 20.5. The average molecular weight is 578 g/mol. The third-order valence-electron chi connectivity index (χ3n) is 8.35. The number of halogens is 2. The normalized spacial score (nSPS) is 17.6. The second kappa shape index (κ2) is 14.8. The molecule has 0 radical (unpaired) electrons. The summed E-state index contributed by atoms with van der Waals surface area (Å²) in [6.45, 7) is 6.60. The molecule has 2 heterocycles. The van der Waals surface area contributed by atoms with Gasteiger partial charge in [0.2, 0.25) is 0 Å². The standard InChI is InChI=1S/C35H45F2N3O2/c1-4-5-6-7-8-9-10-11-19-42-32-16-15-26(28-22-38-25-39-23-28)20-30(32)34(2,3)24-35(41,33(36)37)21-27-13-12-14-31-29(27)17-18-40-31/h12-18,20,22-23,25,27,33,41H,4-11,19,21,24H2,1-3H3. The van der Waals surface area contributed by atoms with Crippen molar-refractivity contribution < 1.29 is 18.6 Å². The molecule has 2 aromatic rings. The zero-order valence-corrected chi connectivity index (χ0v) is 25.2. The number of allylic oxidation sites excluding steroid dienone is 5. The summed E-state index contributed by atoms with van der Waals surface area (Å²) in [7, 11) is 0. The van der Waals surface area contributed by atoms with Crippen LogP contribution >= 0.6 is 0 Å². The van der Waals surface area contributed by atoms with Gasteiger partial charge in [-0.3, -0.25) is 4.99 Å². The Bertz CT molecular complexity index is 1290. The molecule has 7 heteroatoms. The Balaban J connectivity index is 1.51. The van der Waals surface area contributed by atoms with E-state index in [4.69, 9.17) is 4.74 Å². The maximum Gasteiger partial charge on any atom is 0.266 e. The van der Waals surface area contributed by atoms with Crippen LogP contribution in [0.5, 0.6) is 5.75 Å². The molecule has 0 fully saturated rings. The molecule has 2 aliphatic rings. The molecule has 5 nitrogen and oxygen atoms in total. The smallest absolute Gasteiger partial charge is 0.266 e. The number of aromatic nitrogens is 2. The molecule has 0 amide bonds. The lowest BCUT2D eigenvalue weighted by Crippen LogP contribution is -2.44. The van der Waals surface area contributed by atoms with Crippen molar-refractivity contribution >= 4 is 6.21 Å². The Labute approximate surface area is 249 Å². The van der Waals surface area contributed by atoms with Crippen molar-refractivity contribution in [2.45, 2.75) is 102 Å². The van der Waals surface area contributed by atoms with Crippen LogP contribution in [0.1, 0.15) is 90.5 Å². The lowest BCUT2D eigenvalue weighted by Gasteiger charge is -2.39. The third-order valence-corrected chi connectivity index (χ3v) is 8.35. The van der Waals surface area contributed by atoms with E-state index < -0.39 is 17.4 Å². The van der Waals surface area contributed by atoms with Crippen LogP contribution < -0.4 is 4.74 Å². The number of hydrogen-bond donors (Lipinski definition) is 1. The Morgan fingerprint density at radius 3 is 2.38 bits per heavy atom. The van der Waals surface area contributed by atoms with Gasteiger partial charge in [0.05, 0.1) is 12.3 Å². The van der Waals surface area contributed by atoms with Gasteiger partial charge < -0.3 is 9.84 Å². The van der Waals surface area contributed by atoms with E-state index in [1.807, 2.05) is 56.4 Å². The first-order valence-electron chi connectivity index (χ1n) is 15.4. The van der Waals surface area contributed by atoms with Crippen LogP contribution in [-0.4, -0.2) is 39.9 Å². The molecule has 1 N–H and O–H groups in total. The predicted octanol–water partition coefficient (Wildman–Crippen LogP) is 8.80. The van der Waals surface area contributed by atoms with Crippen molar-refractivity contribution in [3.63, 3.8) is 0 Å². The van der Waals surface area contributed by atoms with Crippen molar-refractivity contribution in [1.29, 1.82) is 0 Å². The first-order valence-corrected chi connectivity index (χ1v) is 15.4. The van der Waals surface area contributed by atoms with Gasteiger partial charge in [-0.2, -0.15) is 0 Å². The zero-order valence-electron chi connectivity index (χ0n) is 25.2. The summed E-state index contributed by atoms with van der Waals surface area (Å²) in [5.41, 5.74) is 1.08. The maximum atomic E-state index is 14.7. The van der Waals surface area contributed by atoms with Gasteiger partial charge in [0.1, 0.15) is 17.7 Å². The van der Waals surface area contributed by atoms with Crippen LogP contribution in [-0.2, 0) is 5.41 Å². The number of nitrogens with zero attached hydrogens (tertiary/aromatic N) is 3. The summed E-state index contributed by atoms with van der Waals surface area (Å²) in [4.78, 5) is 12.6. The molecule has 1 aromatic carbocycles. The number of aliphatic imine (C=N–C) groups is 1. The average Bonchev–Trinajstić information content (AvgIpc) is 3.47. The van der Waals surface area contributed by atoms with E-state index in [0.717, 1.165) is 40.8 Å². The van der Waals surface area contributed by atoms with Crippen molar-refractivity contribution in [1.82, 2.24) is 9.97 Å². The van der Waals surface area contributed by atoms with Crippen molar-refractivity contribution in [3.8, 4) is 16.9 Å². The number of hydrogen-bond acceptors (Lipinski definition) is 5. The van der Waals surface area contributed by atoms with E-state index >= 15 is 0 Å². The van der Waals surface area contributed by atoms with Gasteiger partial charge in [0, 0.05) is 35.7 Å². The molecule has 0 bridgehead atoms. The van der Waals surface area contributed by atoms with Gasteiger partial charge in [0.15, 0.2) is 0 Å². The Hall–Kier alpha value is -3.19. The van der Waals surface area contributed by atoms with E-state index in [1.54, 1.807) is 18.6 Å². The SMILES string of the molecule is CCCCCCCCCCOc1ccc(-c2cncnc2)cc1C(C)(C)CC(O)(CC1C=CC=C2N=CC=C21)C(F)F. The molecular formula is C35H45F2N3O2. The Morgan fingerprint density at radius 2 is 1.67 bits per heavy atom. The number of rotatable bonds is 17. The number of alkyl halides is 2. The Kier molecular flexibility index (Phi) is 11.2. The highest BCUT2D eigenvalue weighted by atomic mass is 19.3. The monoisotopic (exact) mass is 577 g/mol. The van der Waals surface area contributed by atoms with Crippen LogP contribution in [0.4, 0.5) is 8.78 Å². The van der Waals surface area contributed by atoms with Gasteiger partial charge in [-0.25, -0.2) is 18.7 Å². The van der Waals surface area contributed by atoms with Gasteiger partial charge >= 0.3 is 0 Å². The van der Waals surface area contributed by atoms with Crippen molar-refractivity contribution in [2.75, 3.05) is 6.61 Å². The molecule has 42 heavy (non-hydrogen) atoms. The van der Waals surface area contributed by atoms with E-state index in [2.05, 4.69) is 21.9 Å². The second-order valence-electron chi connectivity index (χ2n) is 12.3. The molecule has 2 unspecified atom stereocenters. The predicted molar refractivity (Wildman–Crippen MR) is 166 cm³/mol. The molecule has 4 rings (SSSR count). The minimum Gasteiger partial charge on any atom is -0.493 e. The molecule has 1 aliphatic heterocycles. The minimum atomic E-state index is -2.92. The number of aliphatic hydroxyl groups is 1. The van der Waals surface area contributed by atoms with Gasteiger partial charge in [-0.05, 0) is 60.1 Å². The van der Waals surface area contributed by atoms with Gasteiger partial charge in [-0.1, -0.05) is 83.9 Å². The highest BCUT2D eigenvalue weighted by molar-refractivity contribution is 5.80. The molecular weight excluding hydrogens is 532 g/mol. The summed E-state index contributed by atoms with van der Waals surface area (Å²) < 4.78 is 35.7. The molecule has 1 aliphatic carbocycles. The minimum absolute atomic E-state index is 0.0994. The zero-order chi connectivity index (χ0) is 30.0. The highest BCUT2D eigenvalue weighted by Gasteiger charge is 2.46. The van der Waals surface area contributed by atoms with Crippen molar-refractivity contribution in [3.05, 3.63) is 78.1 Å². The van der Waals surface area contributed by atoms with Crippen LogP contribution in [0.3, 0.4) is 0 Å². The number of unbranched alkanes of at least 4 members (excludes halogenated alkanes) is 7. The fourth-order valence-corrected chi connectivity index (χ4v) is 6.08. The molecule has 226 valence electrons. The van der Waals surface area contributed by atoms with Crippen LogP contribution in [0.2, 0.25) is 0 Å². The van der Waals surface area contributed by atoms with E-state index in [1.165, 1.54) is 44.9 Å². The quantitative estimate of drug-likeness (QED) is 0.191. The summed E-state index contributed by atoms with van der Waals surface area (Å²) in [5, 5.41) is 11.6. The molecule has 0 spiro atoms.